The van der Waals surface area contributed by atoms with Crippen molar-refractivity contribution in [3.63, 3.8) is 0 Å². The number of rotatable bonds is 9. The number of piperidine rings is 2. The van der Waals surface area contributed by atoms with Gasteiger partial charge in [0.1, 0.15) is 23.6 Å². The Hall–Kier alpha value is -4.24. The number of ether oxygens (including phenoxy) is 1. The predicted molar refractivity (Wildman–Crippen MR) is 172 cm³/mol. The number of fused-ring (bicyclic) bond motifs is 1. The minimum Gasteiger partial charge on any atom is -0.487 e. The van der Waals surface area contributed by atoms with Crippen molar-refractivity contribution in [2.75, 3.05) is 32.4 Å². The first-order valence-corrected chi connectivity index (χ1v) is 17.4. The van der Waals surface area contributed by atoms with Crippen LogP contribution in [0.2, 0.25) is 0 Å². The van der Waals surface area contributed by atoms with Gasteiger partial charge in [-0.15, -0.1) is 0 Å². The van der Waals surface area contributed by atoms with Gasteiger partial charge in [0.25, 0.3) is 5.91 Å². The second kappa shape index (κ2) is 13.6. The van der Waals surface area contributed by atoms with Crippen molar-refractivity contribution in [3.05, 3.63) is 95.2 Å². The number of carbonyl (C=O) groups excluding carboxylic acids is 1. The van der Waals surface area contributed by atoms with Crippen molar-refractivity contribution >= 4 is 26.7 Å². The minimum atomic E-state index is -3.26. The van der Waals surface area contributed by atoms with Crippen LogP contribution in [0, 0.1) is 11.3 Å². The molecule has 4 aromatic rings. The van der Waals surface area contributed by atoms with Crippen LogP contribution in [0.3, 0.4) is 0 Å². The molecular weight excluding hydrogens is 607 g/mol. The van der Waals surface area contributed by atoms with Crippen molar-refractivity contribution in [1.29, 1.82) is 5.26 Å². The zero-order valence-electron chi connectivity index (χ0n) is 25.7. The molecule has 2 saturated heterocycles. The number of nitrogens with zero attached hydrogens (tertiary/aromatic N) is 3. The van der Waals surface area contributed by atoms with Crippen molar-refractivity contribution in [2.45, 2.75) is 55.6 Å². The highest BCUT2D eigenvalue weighted by Gasteiger charge is 2.31. The number of halogens is 1. The second-order valence-electron chi connectivity index (χ2n) is 12.3. The average molecular weight is 645 g/mol. The van der Waals surface area contributed by atoms with Crippen LogP contribution in [0.25, 0.3) is 11.0 Å². The van der Waals surface area contributed by atoms with Gasteiger partial charge >= 0.3 is 0 Å². The van der Waals surface area contributed by atoms with Gasteiger partial charge in [-0.05, 0) is 78.9 Å². The summed E-state index contributed by atoms with van der Waals surface area (Å²) in [4.78, 5) is 17.6. The van der Waals surface area contributed by atoms with Crippen molar-refractivity contribution in [3.8, 4) is 11.8 Å². The molecule has 11 heteroatoms. The molecule has 2 fully saturated rings. The third-order valence-corrected chi connectivity index (χ3v) is 9.86. The Kier molecular flexibility index (Phi) is 9.40. The van der Waals surface area contributed by atoms with Crippen LogP contribution in [0.15, 0.2) is 82.1 Å². The fourth-order valence-electron chi connectivity index (χ4n) is 6.14. The number of benzene rings is 3. The lowest BCUT2D eigenvalue weighted by Gasteiger charge is -2.34. The monoisotopic (exact) mass is 644 g/mol. The average Bonchev–Trinajstić information content (AvgIpc) is 3.47. The van der Waals surface area contributed by atoms with Crippen LogP contribution < -0.4 is 10.1 Å². The van der Waals surface area contributed by atoms with Crippen LogP contribution in [0.5, 0.6) is 5.75 Å². The number of furan rings is 1. The summed E-state index contributed by atoms with van der Waals surface area (Å²) in [5.41, 5.74) is 3.30. The van der Waals surface area contributed by atoms with Gasteiger partial charge in [0.05, 0.1) is 16.5 Å². The number of likely N-dealkylation sites (tertiary alicyclic amines) is 2. The minimum absolute atomic E-state index is 0.0519. The molecule has 2 atom stereocenters. The Morgan fingerprint density at radius 1 is 0.957 bits per heavy atom. The van der Waals surface area contributed by atoms with E-state index in [-0.39, 0.29) is 29.1 Å². The normalized spacial score (nSPS) is 19.9. The molecule has 2 aliphatic heterocycles. The zero-order chi connectivity index (χ0) is 32.3. The Balaban J connectivity index is 0.981. The summed E-state index contributed by atoms with van der Waals surface area (Å²) >= 11 is 0. The molecule has 0 saturated carbocycles. The summed E-state index contributed by atoms with van der Waals surface area (Å²) in [6.07, 6.45) is 1.55. The Morgan fingerprint density at radius 3 is 2.26 bits per heavy atom. The first kappa shape index (κ1) is 31.7. The molecule has 3 heterocycles. The summed E-state index contributed by atoms with van der Waals surface area (Å²) in [7, 11) is -3.26. The number of sulfone groups is 1. The van der Waals surface area contributed by atoms with E-state index in [9.17, 15) is 13.2 Å². The molecule has 1 amide bonds. The van der Waals surface area contributed by atoms with E-state index in [1.54, 1.807) is 48.5 Å². The van der Waals surface area contributed by atoms with Crippen LogP contribution in [-0.4, -0.2) is 74.9 Å². The molecule has 1 aromatic heterocycles. The van der Waals surface area contributed by atoms with E-state index in [2.05, 4.69) is 16.3 Å². The number of carbonyl (C=O) groups is 1. The summed E-state index contributed by atoms with van der Waals surface area (Å²) in [5.74, 6) is 0.493. The molecule has 0 bridgehead atoms. The molecule has 240 valence electrons. The second-order valence-corrected chi connectivity index (χ2v) is 14.3. The van der Waals surface area contributed by atoms with Crippen LogP contribution in [0.4, 0.5) is 4.39 Å². The Morgan fingerprint density at radius 2 is 1.61 bits per heavy atom. The fraction of sp³-hybridized carbons (Fsp3) is 0.371. The standard InChI is InChI=1S/C35H37FN4O5S/c1-46(42,43)30-9-6-26(7-10-30)22-40-17-14-33(31(36)23-40)44-29-8-11-32-27(18-29)19-34(45-32)35(41)38-28-12-15-39(16-13-28)21-25-4-2-24(20-37)3-5-25/h2-11,18-19,28,31,33H,12-17,21-23H2,1H3,(H,38,41)/t31-,33-/m1/s1. The van der Waals surface area contributed by atoms with Gasteiger partial charge in [0, 0.05) is 57.0 Å². The summed E-state index contributed by atoms with van der Waals surface area (Å²) < 4.78 is 50.5. The Bertz CT molecular complexity index is 1830. The maximum atomic E-state index is 15.2. The number of hydrogen-bond donors (Lipinski definition) is 1. The van der Waals surface area contributed by atoms with Gasteiger partial charge in [-0.3, -0.25) is 14.6 Å². The quantitative estimate of drug-likeness (QED) is 0.268. The molecule has 0 aliphatic carbocycles. The molecule has 0 radical (unpaired) electrons. The van der Waals surface area contributed by atoms with Crippen molar-refractivity contribution in [1.82, 2.24) is 15.1 Å². The molecule has 1 N–H and O–H groups in total. The zero-order valence-corrected chi connectivity index (χ0v) is 26.5. The van der Waals surface area contributed by atoms with E-state index in [4.69, 9.17) is 14.4 Å². The molecule has 0 unspecified atom stereocenters. The topological polar surface area (TPSA) is 116 Å². The van der Waals surface area contributed by atoms with Crippen molar-refractivity contribution in [2.24, 2.45) is 0 Å². The number of alkyl halides is 1. The van der Waals surface area contributed by atoms with E-state index in [0.29, 0.717) is 41.8 Å². The van der Waals surface area contributed by atoms with Gasteiger partial charge < -0.3 is 14.5 Å². The van der Waals surface area contributed by atoms with Crippen LogP contribution >= 0.6 is 0 Å². The lowest BCUT2D eigenvalue weighted by atomic mass is 10.0. The summed E-state index contributed by atoms with van der Waals surface area (Å²) in [6.45, 7) is 3.92. The highest BCUT2D eigenvalue weighted by atomic mass is 32.2. The summed E-state index contributed by atoms with van der Waals surface area (Å²) in [5, 5.41) is 12.8. The first-order chi connectivity index (χ1) is 22.1. The van der Waals surface area contributed by atoms with Crippen molar-refractivity contribution < 1.29 is 26.8 Å². The highest BCUT2D eigenvalue weighted by molar-refractivity contribution is 7.90. The first-order valence-electron chi connectivity index (χ1n) is 15.5. The van der Waals surface area contributed by atoms with Gasteiger partial charge in [-0.1, -0.05) is 24.3 Å². The third kappa shape index (κ3) is 7.76. The van der Waals surface area contributed by atoms with Gasteiger partial charge in [-0.2, -0.15) is 5.26 Å². The third-order valence-electron chi connectivity index (χ3n) is 8.73. The van der Waals surface area contributed by atoms with Gasteiger partial charge in [0.2, 0.25) is 0 Å². The number of nitriles is 1. The SMILES string of the molecule is CS(=O)(=O)c1ccc(CN2CC[C@@H](Oc3ccc4oc(C(=O)NC5CCN(Cc6ccc(C#N)cc6)CC5)cc4c3)[C@H](F)C2)cc1. The fourth-order valence-corrected chi connectivity index (χ4v) is 6.77. The molecule has 6 rings (SSSR count). The van der Waals surface area contributed by atoms with Gasteiger partial charge in [0.15, 0.2) is 15.6 Å². The van der Waals surface area contributed by atoms with E-state index >= 15 is 4.39 Å². The Labute approximate surface area is 268 Å². The number of amides is 1. The lowest BCUT2D eigenvalue weighted by Crippen LogP contribution is -2.46. The maximum Gasteiger partial charge on any atom is 0.287 e. The van der Waals surface area contributed by atoms with Gasteiger partial charge in [-0.25, -0.2) is 12.8 Å². The highest BCUT2D eigenvalue weighted by Crippen LogP contribution is 2.28. The number of hydrogen-bond acceptors (Lipinski definition) is 8. The molecule has 3 aromatic carbocycles. The smallest absolute Gasteiger partial charge is 0.287 e. The predicted octanol–water partition coefficient (Wildman–Crippen LogP) is 5.09. The van der Waals surface area contributed by atoms with Crippen LogP contribution in [0.1, 0.15) is 46.5 Å². The lowest BCUT2D eigenvalue weighted by molar-refractivity contribution is 0.0191. The molecule has 9 nitrogen and oxygen atoms in total. The molecule has 2 aliphatic rings. The summed E-state index contributed by atoms with van der Waals surface area (Å²) in [6, 6.07) is 23.5. The van der Waals surface area contributed by atoms with E-state index in [1.165, 1.54) is 6.26 Å². The van der Waals surface area contributed by atoms with Crippen LogP contribution in [-0.2, 0) is 22.9 Å². The van der Waals surface area contributed by atoms with E-state index in [1.807, 2.05) is 29.2 Å². The molecular formula is C35H37FN4O5S. The number of nitrogens with one attached hydrogen (secondary N) is 1. The maximum absolute atomic E-state index is 15.2. The van der Waals surface area contributed by atoms with E-state index < -0.39 is 22.1 Å². The molecule has 46 heavy (non-hydrogen) atoms. The van der Waals surface area contributed by atoms with E-state index in [0.717, 1.165) is 43.6 Å². The molecule has 0 spiro atoms. The largest absolute Gasteiger partial charge is 0.487 e.